The molecule has 0 fully saturated rings. The van der Waals surface area contributed by atoms with E-state index < -0.39 is 5.91 Å². The highest BCUT2D eigenvalue weighted by atomic mass is 16.3. The van der Waals surface area contributed by atoms with Crippen molar-refractivity contribution in [3.05, 3.63) is 80.9 Å². The molecule has 8 nitrogen and oxygen atoms in total. The molecule has 4 rings (SSSR count). The van der Waals surface area contributed by atoms with E-state index in [0.717, 1.165) is 6.07 Å². The first-order valence-electron chi connectivity index (χ1n) is 8.67. The van der Waals surface area contributed by atoms with Crippen LogP contribution in [-0.4, -0.2) is 15.5 Å². The molecule has 0 bridgehead atoms. The number of benzene rings is 2. The van der Waals surface area contributed by atoms with E-state index in [-0.39, 0.29) is 22.7 Å². The Balaban J connectivity index is 1.65. The highest BCUT2D eigenvalue weighted by Gasteiger charge is 2.14. The molecule has 0 aliphatic heterocycles. The summed E-state index contributed by atoms with van der Waals surface area (Å²) in [5, 5.41) is 0.879. The fourth-order valence-electron chi connectivity index (χ4n) is 2.95. The topological polar surface area (TPSA) is 106 Å². The van der Waals surface area contributed by atoms with Crippen molar-refractivity contribution in [3.63, 3.8) is 0 Å². The van der Waals surface area contributed by atoms with Crippen LogP contribution in [0.4, 0.5) is 5.95 Å². The summed E-state index contributed by atoms with van der Waals surface area (Å²) in [5.41, 5.74) is 5.36. The maximum absolute atomic E-state index is 12.6. The Hall–Kier alpha value is -3.94. The van der Waals surface area contributed by atoms with Gasteiger partial charge >= 0.3 is 5.91 Å². The number of carbonyl (C=O) groups excluding carboxylic acids is 1. The van der Waals surface area contributed by atoms with Crippen LogP contribution >= 0.6 is 0 Å². The van der Waals surface area contributed by atoms with Gasteiger partial charge in [-0.15, -0.1) is 0 Å². The van der Waals surface area contributed by atoms with Crippen molar-refractivity contribution in [2.75, 3.05) is 5.43 Å². The molecule has 0 radical (unpaired) electrons. The second kappa shape index (κ2) is 6.99. The first kappa shape index (κ1) is 17.5. The number of hydrogen-bond donors (Lipinski definition) is 2. The van der Waals surface area contributed by atoms with Gasteiger partial charge < -0.3 is 4.42 Å². The number of hydrogen-bond acceptors (Lipinski definition) is 6. The molecular formula is C20H16N4O4. The molecule has 0 atom stereocenters. The Kier molecular flexibility index (Phi) is 4.36. The Morgan fingerprint density at radius 3 is 2.57 bits per heavy atom. The smallest absolute Gasteiger partial charge is 0.305 e. The van der Waals surface area contributed by atoms with Gasteiger partial charge in [0.15, 0.2) is 11.2 Å². The second-order valence-electron chi connectivity index (χ2n) is 6.05. The molecule has 28 heavy (non-hydrogen) atoms. The van der Waals surface area contributed by atoms with Crippen molar-refractivity contribution in [1.82, 2.24) is 15.0 Å². The van der Waals surface area contributed by atoms with Crippen LogP contribution in [0, 0.1) is 0 Å². The lowest BCUT2D eigenvalue weighted by Crippen LogP contribution is -2.34. The predicted molar refractivity (Wildman–Crippen MR) is 105 cm³/mol. The monoisotopic (exact) mass is 376 g/mol. The number of amides is 1. The number of para-hydroxylation sites is 2. The van der Waals surface area contributed by atoms with Gasteiger partial charge in [0.25, 0.3) is 5.56 Å². The largest absolute Gasteiger partial charge is 0.451 e. The molecule has 0 unspecified atom stereocenters. The lowest BCUT2D eigenvalue weighted by Gasteiger charge is -2.13. The molecule has 0 saturated carbocycles. The highest BCUT2D eigenvalue weighted by molar-refractivity contribution is 5.93. The van der Waals surface area contributed by atoms with Crippen LogP contribution in [0.25, 0.3) is 21.9 Å². The molecule has 0 spiro atoms. The third-order valence-corrected chi connectivity index (χ3v) is 4.32. The number of fused-ring (bicyclic) bond motifs is 2. The van der Waals surface area contributed by atoms with E-state index in [4.69, 9.17) is 4.42 Å². The van der Waals surface area contributed by atoms with Crippen molar-refractivity contribution in [3.8, 4) is 0 Å². The van der Waals surface area contributed by atoms with Crippen molar-refractivity contribution in [2.45, 2.75) is 13.5 Å². The highest BCUT2D eigenvalue weighted by Crippen LogP contribution is 2.13. The van der Waals surface area contributed by atoms with Gasteiger partial charge in [-0.3, -0.25) is 29.8 Å². The molecule has 1 amide bonds. The average Bonchev–Trinajstić information content (AvgIpc) is 2.72. The van der Waals surface area contributed by atoms with Gasteiger partial charge in [0.2, 0.25) is 5.95 Å². The molecule has 0 aliphatic carbocycles. The van der Waals surface area contributed by atoms with E-state index in [1.165, 1.54) is 4.57 Å². The third kappa shape index (κ3) is 3.01. The molecule has 2 N–H and O–H groups in total. The minimum atomic E-state index is -0.659. The lowest BCUT2D eigenvalue weighted by molar-refractivity contribution is 0.0935. The first-order valence-corrected chi connectivity index (χ1v) is 8.67. The van der Waals surface area contributed by atoms with E-state index >= 15 is 0 Å². The maximum atomic E-state index is 12.6. The summed E-state index contributed by atoms with van der Waals surface area (Å²) in [6.45, 7) is 2.16. The van der Waals surface area contributed by atoms with Crippen molar-refractivity contribution in [2.24, 2.45) is 0 Å². The summed E-state index contributed by atoms with van der Waals surface area (Å²) in [4.78, 5) is 41.6. The van der Waals surface area contributed by atoms with Gasteiger partial charge in [-0.1, -0.05) is 24.3 Å². The molecule has 4 aromatic rings. The Morgan fingerprint density at radius 2 is 1.79 bits per heavy atom. The summed E-state index contributed by atoms with van der Waals surface area (Å²) in [5.74, 6) is -0.627. The van der Waals surface area contributed by atoms with Crippen LogP contribution in [-0.2, 0) is 6.54 Å². The number of carbonyl (C=O) groups is 1. The number of nitrogens with zero attached hydrogens (tertiary/aromatic N) is 2. The van der Waals surface area contributed by atoms with E-state index in [0.29, 0.717) is 28.4 Å². The summed E-state index contributed by atoms with van der Waals surface area (Å²) in [7, 11) is 0. The molecule has 140 valence electrons. The summed E-state index contributed by atoms with van der Waals surface area (Å²) in [6, 6.07) is 14.7. The van der Waals surface area contributed by atoms with Gasteiger partial charge in [0, 0.05) is 12.6 Å². The summed E-state index contributed by atoms with van der Waals surface area (Å²) < 4.78 is 6.90. The number of aromatic nitrogens is 2. The average molecular weight is 376 g/mol. The predicted octanol–water partition coefficient (Wildman–Crippen LogP) is 2.28. The maximum Gasteiger partial charge on any atom is 0.305 e. The van der Waals surface area contributed by atoms with Gasteiger partial charge in [0.1, 0.15) is 5.58 Å². The van der Waals surface area contributed by atoms with Crippen LogP contribution < -0.4 is 21.8 Å². The third-order valence-electron chi connectivity index (χ3n) is 4.32. The summed E-state index contributed by atoms with van der Waals surface area (Å²) >= 11 is 0. The Bertz CT molecular complexity index is 1320. The molecule has 2 aromatic carbocycles. The Labute approximate surface area is 158 Å². The van der Waals surface area contributed by atoms with Crippen molar-refractivity contribution >= 4 is 33.7 Å². The zero-order valence-corrected chi connectivity index (χ0v) is 14.9. The van der Waals surface area contributed by atoms with Gasteiger partial charge in [-0.05, 0) is 31.2 Å². The van der Waals surface area contributed by atoms with Crippen LogP contribution in [0.5, 0.6) is 0 Å². The minimum absolute atomic E-state index is 0.151. The minimum Gasteiger partial charge on any atom is -0.451 e. The van der Waals surface area contributed by atoms with Gasteiger partial charge in [-0.25, -0.2) is 4.98 Å². The molecule has 8 heteroatoms. The number of rotatable bonds is 4. The zero-order valence-electron chi connectivity index (χ0n) is 14.9. The van der Waals surface area contributed by atoms with Gasteiger partial charge in [-0.2, -0.15) is 0 Å². The standard InChI is InChI=1S/C20H16N4O4/c1-2-24-19(27)12-7-3-5-9-14(12)21-20(24)23-22-18(26)17-11-15(25)13-8-4-6-10-16(13)28-17/h3-11H,2H2,1H3,(H,21,23)(H,22,26). The fraction of sp³-hybridized carbons (Fsp3) is 0.100. The van der Waals surface area contributed by atoms with Gasteiger partial charge in [0.05, 0.1) is 16.3 Å². The van der Waals surface area contributed by atoms with Crippen LogP contribution in [0.1, 0.15) is 17.5 Å². The van der Waals surface area contributed by atoms with Crippen molar-refractivity contribution in [1.29, 1.82) is 0 Å². The Morgan fingerprint density at radius 1 is 1.07 bits per heavy atom. The fourth-order valence-corrected chi connectivity index (χ4v) is 2.95. The quantitative estimate of drug-likeness (QED) is 0.529. The second-order valence-corrected chi connectivity index (χ2v) is 6.05. The van der Waals surface area contributed by atoms with Crippen LogP contribution in [0.15, 0.2) is 68.6 Å². The molecule has 0 aliphatic rings. The molecule has 2 aromatic heterocycles. The summed E-state index contributed by atoms with van der Waals surface area (Å²) in [6.07, 6.45) is 0. The van der Waals surface area contributed by atoms with E-state index in [1.807, 2.05) is 0 Å². The van der Waals surface area contributed by atoms with Crippen LogP contribution in [0.2, 0.25) is 0 Å². The van der Waals surface area contributed by atoms with Crippen molar-refractivity contribution < 1.29 is 9.21 Å². The van der Waals surface area contributed by atoms with E-state index in [2.05, 4.69) is 15.8 Å². The number of anilines is 1. The first-order chi connectivity index (χ1) is 13.6. The molecular weight excluding hydrogens is 360 g/mol. The van der Waals surface area contributed by atoms with E-state index in [9.17, 15) is 14.4 Å². The normalized spacial score (nSPS) is 10.9. The molecule has 2 heterocycles. The van der Waals surface area contributed by atoms with Crippen LogP contribution in [0.3, 0.4) is 0 Å². The SMILES string of the molecule is CCn1c(NNC(=O)c2cc(=O)c3ccccc3o2)nc2ccccc2c1=O. The number of hydrazine groups is 1. The number of nitrogens with one attached hydrogen (secondary N) is 2. The molecule has 0 saturated heterocycles. The van der Waals surface area contributed by atoms with E-state index in [1.54, 1.807) is 55.5 Å². The zero-order chi connectivity index (χ0) is 19.7. The lowest BCUT2D eigenvalue weighted by atomic mass is 10.2.